The highest BCUT2D eigenvalue weighted by Crippen LogP contribution is 2.20. The zero-order valence-electron chi connectivity index (χ0n) is 10.4. The first-order chi connectivity index (χ1) is 8.48. The number of hydrogen-bond acceptors (Lipinski definition) is 3. The van der Waals surface area contributed by atoms with E-state index in [1.54, 1.807) is 12.1 Å². The van der Waals surface area contributed by atoms with Crippen molar-refractivity contribution in [2.45, 2.75) is 31.8 Å². The second kappa shape index (κ2) is 5.36. The van der Waals surface area contributed by atoms with Gasteiger partial charge in [0, 0.05) is 17.6 Å². The van der Waals surface area contributed by atoms with E-state index in [0.29, 0.717) is 18.4 Å². The molecule has 0 radical (unpaired) electrons. The average molecular weight is 271 g/mol. The highest BCUT2D eigenvalue weighted by atomic mass is 32.2. The smallest absolute Gasteiger partial charge is 0.150 e. The highest BCUT2D eigenvalue weighted by Gasteiger charge is 2.25. The van der Waals surface area contributed by atoms with Crippen LogP contribution in [-0.2, 0) is 9.84 Å². The van der Waals surface area contributed by atoms with Crippen molar-refractivity contribution in [3.8, 4) is 0 Å². The Labute approximate surface area is 107 Å². The van der Waals surface area contributed by atoms with Crippen LogP contribution in [0, 0.1) is 5.82 Å². The molecule has 0 amide bonds. The van der Waals surface area contributed by atoms with Gasteiger partial charge in [-0.1, -0.05) is 18.2 Å². The van der Waals surface area contributed by atoms with Crippen molar-refractivity contribution in [2.24, 2.45) is 0 Å². The summed E-state index contributed by atoms with van der Waals surface area (Å²) in [5, 5.41) is 3.31. The van der Waals surface area contributed by atoms with Gasteiger partial charge in [-0.3, -0.25) is 0 Å². The summed E-state index contributed by atoms with van der Waals surface area (Å²) in [5.74, 6) is 0.240. The lowest BCUT2D eigenvalue weighted by Crippen LogP contribution is -2.38. The molecule has 1 fully saturated rings. The summed E-state index contributed by atoms with van der Waals surface area (Å²) in [7, 11) is -2.84. The normalized spacial score (nSPS) is 21.7. The van der Waals surface area contributed by atoms with Crippen molar-refractivity contribution in [1.82, 2.24) is 5.32 Å². The van der Waals surface area contributed by atoms with E-state index < -0.39 is 9.84 Å². The molecular weight excluding hydrogens is 253 g/mol. The van der Waals surface area contributed by atoms with Crippen LogP contribution in [0.25, 0.3) is 0 Å². The van der Waals surface area contributed by atoms with Gasteiger partial charge in [-0.15, -0.1) is 0 Å². The third kappa shape index (κ3) is 3.29. The van der Waals surface area contributed by atoms with Crippen LogP contribution in [0.3, 0.4) is 0 Å². The predicted octanol–water partition coefficient (Wildman–Crippen LogP) is 2.05. The van der Waals surface area contributed by atoms with Crippen molar-refractivity contribution in [3.63, 3.8) is 0 Å². The van der Waals surface area contributed by atoms with Gasteiger partial charge in [0.2, 0.25) is 0 Å². The van der Waals surface area contributed by atoms with Crippen LogP contribution < -0.4 is 5.32 Å². The molecular formula is C13H18FNO2S. The number of rotatable bonds is 3. The Hall–Kier alpha value is -0.940. The molecule has 1 saturated heterocycles. The lowest BCUT2D eigenvalue weighted by molar-refractivity contribution is 0.411. The van der Waals surface area contributed by atoms with E-state index in [4.69, 9.17) is 0 Å². The fourth-order valence-corrected chi connectivity index (χ4v) is 3.82. The lowest BCUT2D eigenvalue weighted by atomic mass is 10.0. The van der Waals surface area contributed by atoms with Crippen LogP contribution >= 0.6 is 0 Å². The molecule has 0 spiro atoms. The first-order valence-electron chi connectivity index (χ1n) is 6.19. The van der Waals surface area contributed by atoms with Crippen LogP contribution in [0.15, 0.2) is 24.3 Å². The standard InChI is InChI=1S/C13H18FNO2S/c1-10(12-4-2-3-5-13(12)14)15-11-6-8-18(16,17)9-7-11/h2-5,10-11,15H,6-9H2,1H3. The third-order valence-corrected chi connectivity index (χ3v) is 5.13. The van der Waals surface area contributed by atoms with Crippen molar-refractivity contribution in [1.29, 1.82) is 0 Å². The van der Waals surface area contributed by atoms with Crippen LogP contribution in [-0.4, -0.2) is 26.0 Å². The molecule has 1 aromatic carbocycles. The lowest BCUT2D eigenvalue weighted by Gasteiger charge is -2.27. The summed E-state index contributed by atoms with van der Waals surface area (Å²) >= 11 is 0. The summed E-state index contributed by atoms with van der Waals surface area (Å²) in [6.07, 6.45) is 1.22. The SMILES string of the molecule is CC(NC1CCS(=O)(=O)CC1)c1ccccc1F. The molecule has 0 bridgehead atoms. The Bertz CT molecular complexity index is 501. The van der Waals surface area contributed by atoms with Gasteiger partial charge in [-0.2, -0.15) is 0 Å². The van der Waals surface area contributed by atoms with Crippen molar-refractivity contribution >= 4 is 9.84 Å². The molecule has 1 aliphatic heterocycles. The van der Waals surface area contributed by atoms with E-state index >= 15 is 0 Å². The molecule has 0 saturated carbocycles. The summed E-state index contributed by atoms with van der Waals surface area (Å²) in [6.45, 7) is 1.90. The first kappa shape index (κ1) is 13.5. The van der Waals surface area contributed by atoms with E-state index in [0.717, 1.165) is 0 Å². The number of sulfone groups is 1. The van der Waals surface area contributed by atoms with Gasteiger partial charge < -0.3 is 5.32 Å². The maximum atomic E-state index is 13.6. The molecule has 1 atom stereocenters. The minimum Gasteiger partial charge on any atom is -0.307 e. The van der Waals surface area contributed by atoms with E-state index in [1.165, 1.54) is 6.07 Å². The molecule has 5 heteroatoms. The van der Waals surface area contributed by atoms with Gasteiger partial charge in [-0.05, 0) is 25.8 Å². The second-order valence-electron chi connectivity index (χ2n) is 4.84. The molecule has 1 aromatic rings. The van der Waals surface area contributed by atoms with Gasteiger partial charge in [0.25, 0.3) is 0 Å². The Morgan fingerprint density at radius 3 is 2.50 bits per heavy atom. The maximum absolute atomic E-state index is 13.6. The summed E-state index contributed by atoms with van der Waals surface area (Å²) in [6, 6.07) is 6.73. The van der Waals surface area contributed by atoms with Crippen LogP contribution in [0.4, 0.5) is 4.39 Å². The van der Waals surface area contributed by atoms with Gasteiger partial charge in [0.1, 0.15) is 15.7 Å². The van der Waals surface area contributed by atoms with Crippen molar-refractivity contribution in [2.75, 3.05) is 11.5 Å². The molecule has 0 aromatic heterocycles. The predicted molar refractivity (Wildman–Crippen MR) is 69.6 cm³/mol. The first-order valence-corrected chi connectivity index (χ1v) is 8.01. The molecule has 1 heterocycles. The largest absolute Gasteiger partial charge is 0.307 e. The molecule has 18 heavy (non-hydrogen) atoms. The number of halogens is 1. The summed E-state index contributed by atoms with van der Waals surface area (Å²) in [4.78, 5) is 0. The van der Waals surface area contributed by atoms with Crippen LogP contribution in [0.1, 0.15) is 31.4 Å². The Balaban J connectivity index is 1.97. The second-order valence-corrected chi connectivity index (χ2v) is 7.14. The van der Waals surface area contributed by atoms with E-state index in [-0.39, 0.29) is 29.4 Å². The Morgan fingerprint density at radius 1 is 1.28 bits per heavy atom. The van der Waals surface area contributed by atoms with Gasteiger partial charge >= 0.3 is 0 Å². The number of hydrogen-bond donors (Lipinski definition) is 1. The maximum Gasteiger partial charge on any atom is 0.150 e. The fraction of sp³-hybridized carbons (Fsp3) is 0.538. The summed E-state index contributed by atoms with van der Waals surface area (Å²) < 4.78 is 36.2. The zero-order chi connectivity index (χ0) is 13.2. The van der Waals surface area contributed by atoms with E-state index in [9.17, 15) is 12.8 Å². The molecule has 0 aliphatic carbocycles. The molecule has 2 rings (SSSR count). The van der Waals surface area contributed by atoms with Gasteiger partial charge in [0.05, 0.1) is 11.5 Å². The Morgan fingerprint density at radius 2 is 1.89 bits per heavy atom. The van der Waals surface area contributed by atoms with Crippen LogP contribution in [0.5, 0.6) is 0 Å². The Kier molecular flexibility index (Phi) is 4.02. The molecule has 1 unspecified atom stereocenters. The molecule has 1 aliphatic rings. The zero-order valence-corrected chi connectivity index (χ0v) is 11.2. The number of nitrogens with one attached hydrogen (secondary N) is 1. The molecule has 100 valence electrons. The van der Waals surface area contributed by atoms with Gasteiger partial charge in [-0.25, -0.2) is 12.8 Å². The monoisotopic (exact) mass is 271 g/mol. The number of benzene rings is 1. The quantitative estimate of drug-likeness (QED) is 0.915. The highest BCUT2D eigenvalue weighted by molar-refractivity contribution is 7.91. The average Bonchev–Trinajstić information content (AvgIpc) is 2.32. The minimum absolute atomic E-state index is 0.1000. The summed E-state index contributed by atoms with van der Waals surface area (Å²) in [5.41, 5.74) is 0.630. The van der Waals surface area contributed by atoms with Crippen molar-refractivity contribution < 1.29 is 12.8 Å². The van der Waals surface area contributed by atoms with Crippen LogP contribution in [0.2, 0.25) is 0 Å². The van der Waals surface area contributed by atoms with Gasteiger partial charge in [0.15, 0.2) is 0 Å². The molecule has 3 nitrogen and oxygen atoms in total. The fourth-order valence-electron chi connectivity index (χ4n) is 2.33. The topological polar surface area (TPSA) is 46.2 Å². The van der Waals surface area contributed by atoms with E-state index in [2.05, 4.69) is 5.32 Å². The molecule has 1 N–H and O–H groups in total. The van der Waals surface area contributed by atoms with Crippen molar-refractivity contribution in [3.05, 3.63) is 35.6 Å². The third-order valence-electron chi connectivity index (χ3n) is 3.41. The minimum atomic E-state index is -2.84. The van der Waals surface area contributed by atoms with E-state index in [1.807, 2.05) is 13.0 Å².